The topological polar surface area (TPSA) is 0 Å². The minimum atomic E-state index is 0.260. The van der Waals surface area contributed by atoms with Gasteiger partial charge in [-0.3, -0.25) is 0 Å². The van der Waals surface area contributed by atoms with E-state index in [4.69, 9.17) is 0 Å². The lowest BCUT2D eigenvalue weighted by Gasteiger charge is -2.26. The minimum absolute atomic E-state index is 0.260. The van der Waals surface area contributed by atoms with Crippen molar-refractivity contribution in [2.75, 3.05) is 0 Å². The normalized spacial score (nSPS) is 23.5. The van der Waals surface area contributed by atoms with E-state index in [1.165, 1.54) is 66.8 Å². The van der Waals surface area contributed by atoms with Gasteiger partial charge in [-0.1, -0.05) is 92.5 Å². The zero-order valence-electron chi connectivity index (χ0n) is 17.5. The van der Waals surface area contributed by atoms with E-state index in [1.807, 2.05) is 0 Å². The van der Waals surface area contributed by atoms with E-state index >= 15 is 0 Å². The van der Waals surface area contributed by atoms with Crippen molar-refractivity contribution in [1.82, 2.24) is 0 Å². The molecule has 31 heavy (non-hydrogen) atoms. The molecule has 0 bridgehead atoms. The Morgan fingerprint density at radius 1 is 0.613 bits per heavy atom. The number of alkyl halides is 2. The van der Waals surface area contributed by atoms with Gasteiger partial charge in [0.25, 0.3) is 0 Å². The third-order valence-electron chi connectivity index (χ3n) is 7.01. The van der Waals surface area contributed by atoms with Gasteiger partial charge in [-0.2, -0.15) is 0 Å². The summed E-state index contributed by atoms with van der Waals surface area (Å²) in [4.78, 5) is 0.521. The van der Waals surface area contributed by atoms with Crippen molar-refractivity contribution in [3.63, 3.8) is 0 Å². The van der Waals surface area contributed by atoms with Crippen LogP contribution in [0.4, 0.5) is 0 Å². The molecular weight excluding hydrogens is 508 g/mol. The van der Waals surface area contributed by atoms with Gasteiger partial charge in [-0.05, 0) is 99.3 Å². The lowest BCUT2D eigenvalue weighted by molar-refractivity contribution is 1.07. The number of hydrogen-bond donors (Lipinski definition) is 0. The fraction of sp³-hybridized carbons (Fsp3) is 0.172. The highest BCUT2D eigenvalue weighted by molar-refractivity contribution is 9.09. The van der Waals surface area contributed by atoms with Crippen molar-refractivity contribution in [3.8, 4) is 0 Å². The highest BCUT2D eigenvalue weighted by Gasteiger charge is 2.34. The summed E-state index contributed by atoms with van der Waals surface area (Å²) >= 11 is 7.96. The zero-order valence-corrected chi connectivity index (χ0v) is 20.7. The van der Waals surface area contributed by atoms with Gasteiger partial charge in [0.1, 0.15) is 0 Å². The summed E-state index contributed by atoms with van der Waals surface area (Å²) in [5.74, 6) is 0. The van der Waals surface area contributed by atoms with Crippen LogP contribution in [0.3, 0.4) is 0 Å². The average Bonchev–Trinajstić information content (AvgIpc) is 3.26. The predicted molar refractivity (Wildman–Crippen MR) is 138 cm³/mol. The second-order valence-corrected chi connectivity index (χ2v) is 10.6. The summed E-state index contributed by atoms with van der Waals surface area (Å²) in [7, 11) is 0. The van der Waals surface area contributed by atoms with Crippen LogP contribution in [0.2, 0.25) is 0 Å². The fourth-order valence-corrected chi connectivity index (χ4v) is 6.96. The highest BCUT2D eigenvalue weighted by Crippen LogP contribution is 2.53. The Hall–Kier alpha value is -2.16. The number of halogens is 2. The third kappa shape index (κ3) is 2.92. The first-order chi connectivity index (χ1) is 15.0. The van der Waals surface area contributed by atoms with Crippen LogP contribution in [0, 0.1) is 0 Å². The largest absolute Gasteiger partial charge is 0.0786 e. The lowest BCUT2D eigenvalue weighted by atomic mass is 9.82. The fourth-order valence-electron chi connectivity index (χ4n) is 5.37. The van der Waals surface area contributed by atoms with Crippen LogP contribution >= 0.6 is 31.9 Å². The summed E-state index contributed by atoms with van der Waals surface area (Å²) < 4.78 is 0. The van der Waals surface area contributed by atoms with Crippen LogP contribution < -0.4 is 0 Å². The molecule has 2 aromatic rings. The molecule has 0 saturated heterocycles. The predicted octanol–water partition coefficient (Wildman–Crippen LogP) is 8.96. The first-order valence-electron chi connectivity index (χ1n) is 10.8. The number of hydrogen-bond acceptors (Lipinski definition) is 0. The monoisotopic (exact) mass is 528 g/mol. The zero-order chi connectivity index (χ0) is 21.3. The van der Waals surface area contributed by atoms with Crippen LogP contribution in [0.25, 0.3) is 12.2 Å². The number of fused-ring (bicyclic) bond motifs is 4. The molecule has 2 atom stereocenters. The molecule has 0 radical (unpaired) electrons. The Morgan fingerprint density at radius 3 is 1.48 bits per heavy atom. The minimum Gasteiger partial charge on any atom is -0.0786 e. The maximum Gasteiger partial charge on any atom is 0.0656 e. The Kier molecular flexibility index (Phi) is 4.52. The SMILES string of the molecule is CC1=C(CC2=C(C)C=C3C2=Cc2ccccc2C3Br)C2=Cc3ccccc3C(Br)C2=C1. The number of benzene rings is 2. The molecule has 152 valence electrons. The maximum absolute atomic E-state index is 3.98. The van der Waals surface area contributed by atoms with Crippen molar-refractivity contribution in [1.29, 1.82) is 0 Å². The molecule has 0 spiro atoms. The first-order valence-corrected chi connectivity index (χ1v) is 12.6. The Balaban J connectivity index is 1.41. The summed E-state index contributed by atoms with van der Waals surface area (Å²) in [6.07, 6.45) is 10.5. The molecule has 0 nitrogen and oxygen atoms in total. The molecule has 2 aromatic carbocycles. The average molecular weight is 530 g/mol. The Labute approximate surface area is 200 Å². The van der Waals surface area contributed by atoms with E-state index < -0.39 is 0 Å². The van der Waals surface area contributed by atoms with Gasteiger partial charge in [0.15, 0.2) is 0 Å². The van der Waals surface area contributed by atoms with Crippen molar-refractivity contribution < 1.29 is 0 Å². The molecule has 4 aliphatic carbocycles. The molecule has 0 saturated carbocycles. The van der Waals surface area contributed by atoms with Gasteiger partial charge in [-0.25, -0.2) is 0 Å². The second-order valence-electron chi connectivity index (χ2n) is 8.80. The molecule has 2 unspecified atom stereocenters. The molecule has 0 heterocycles. The van der Waals surface area contributed by atoms with E-state index in [0.717, 1.165) is 6.42 Å². The van der Waals surface area contributed by atoms with Crippen LogP contribution in [0.15, 0.2) is 105 Å². The van der Waals surface area contributed by atoms with E-state index in [9.17, 15) is 0 Å². The molecule has 0 fully saturated rings. The Bertz CT molecular complexity index is 1240. The standard InChI is InChI=1S/C29H22Br2/c1-16-11-26-24(13-18-7-3-5-9-20(18)28(26)30)22(16)15-23-17(2)12-27-25(23)14-19-8-4-6-10-21(19)29(27)31/h3-14,28-29H,15H2,1-2H3. The molecule has 0 N–H and O–H groups in total. The number of allylic oxidation sites excluding steroid dienone is 10. The highest BCUT2D eigenvalue weighted by atomic mass is 79.9. The van der Waals surface area contributed by atoms with E-state index in [0.29, 0.717) is 0 Å². The quantitative estimate of drug-likeness (QED) is 0.340. The lowest BCUT2D eigenvalue weighted by Crippen LogP contribution is -2.08. The second kappa shape index (κ2) is 7.18. The summed E-state index contributed by atoms with van der Waals surface area (Å²) in [5.41, 5.74) is 16.7. The third-order valence-corrected chi connectivity index (χ3v) is 8.98. The van der Waals surface area contributed by atoms with Gasteiger partial charge in [-0.15, -0.1) is 0 Å². The Morgan fingerprint density at radius 2 is 1.03 bits per heavy atom. The summed E-state index contributed by atoms with van der Waals surface area (Å²) in [5, 5.41) is 0. The molecule has 0 aromatic heterocycles. The van der Waals surface area contributed by atoms with E-state index in [-0.39, 0.29) is 9.65 Å². The van der Waals surface area contributed by atoms with Crippen molar-refractivity contribution in [2.24, 2.45) is 0 Å². The van der Waals surface area contributed by atoms with E-state index in [1.54, 1.807) is 0 Å². The first kappa shape index (κ1) is 19.5. The van der Waals surface area contributed by atoms with Crippen molar-refractivity contribution in [2.45, 2.75) is 29.9 Å². The van der Waals surface area contributed by atoms with Crippen LogP contribution in [-0.2, 0) is 0 Å². The molecule has 2 heteroatoms. The molecule has 6 rings (SSSR count). The summed E-state index contributed by atoms with van der Waals surface area (Å²) in [6.45, 7) is 4.53. The van der Waals surface area contributed by atoms with E-state index in [2.05, 4.69) is 119 Å². The van der Waals surface area contributed by atoms with Gasteiger partial charge >= 0.3 is 0 Å². The maximum atomic E-state index is 3.98. The molecule has 0 aliphatic heterocycles. The van der Waals surface area contributed by atoms with Crippen LogP contribution in [0.5, 0.6) is 0 Å². The van der Waals surface area contributed by atoms with Gasteiger partial charge in [0.05, 0.1) is 9.65 Å². The smallest absolute Gasteiger partial charge is 0.0656 e. The van der Waals surface area contributed by atoms with Gasteiger partial charge in [0.2, 0.25) is 0 Å². The molecule has 0 amide bonds. The van der Waals surface area contributed by atoms with Crippen molar-refractivity contribution in [3.05, 3.63) is 128 Å². The summed E-state index contributed by atoms with van der Waals surface area (Å²) in [6, 6.07) is 17.5. The van der Waals surface area contributed by atoms with Crippen LogP contribution in [-0.4, -0.2) is 0 Å². The number of rotatable bonds is 2. The molecule has 4 aliphatic rings. The van der Waals surface area contributed by atoms with Crippen molar-refractivity contribution >= 4 is 44.0 Å². The molecular formula is C29H22Br2. The van der Waals surface area contributed by atoms with Gasteiger partial charge in [0, 0.05) is 0 Å². The van der Waals surface area contributed by atoms with Crippen LogP contribution in [0.1, 0.15) is 52.2 Å². The van der Waals surface area contributed by atoms with Gasteiger partial charge < -0.3 is 0 Å².